The number of H-pyrrole nitrogens is 1. The van der Waals surface area contributed by atoms with Gasteiger partial charge in [-0.25, -0.2) is 4.98 Å². The van der Waals surface area contributed by atoms with Gasteiger partial charge in [0.1, 0.15) is 11.0 Å². The van der Waals surface area contributed by atoms with Gasteiger partial charge >= 0.3 is 0 Å². The maximum absolute atomic E-state index is 6.20. The van der Waals surface area contributed by atoms with Gasteiger partial charge in [-0.3, -0.25) is 5.10 Å². The Balaban J connectivity index is 2.63. The summed E-state index contributed by atoms with van der Waals surface area (Å²) < 4.78 is 0. The average Bonchev–Trinajstić information content (AvgIpc) is 2.66. The Bertz CT molecular complexity index is 615. The highest BCUT2D eigenvalue weighted by atomic mass is 35.5. The molecule has 4 heteroatoms. The van der Waals surface area contributed by atoms with Gasteiger partial charge in [-0.2, -0.15) is 5.10 Å². The standard InChI is InChI=1S/C10H6ClN3/c11-9-6-3-1-2-4-7(6)13-8-5-12-14-10(8)9/h1-5H,(H,12,14). The Hall–Kier alpha value is -1.61. The highest BCUT2D eigenvalue weighted by molar-refractivity contribution is 6.39. The highest BCUT2D eigenvalue weighted by Crippen LogP contribution is 2.28. The number of hydrogen-bond acceptors (Lipinski definition) is 2. The zero-order valence-electron chi connectivity index (χ0n) is 7.16. The van der Waals surface area contributed by atoms with Crippen molar-refractivity contribution in [1.29, 1.82) is 0 Å². The molecule has 1 N–H and O–H groups in total. The number of halogens is 1. The SMILES string of the molecule is Clc1c2ccccc2nc2cn[nH]c12. The quantitative estimate of drug-likeness (QED) is 0.611. The lowest BCUT2D eigenvalue weighted by molar-refractivity contribution is 1.12. The minimum atomic E-state index is 0.683. The third-order valence-corrected chi connectivity index (χ3v) is 2.61. The van der Waals surface area contributed by atoms with Crippen molar-refractivity contribution in [3.8, 4) is 0 Å². The van der Waals surface area contributed by atoms with E-state index in [0.29, 0.717) is 5.02 Å². The summed E-state index contributed by atoms with van der Waals surface area (Å²) in [7, 11) is 0. The van der Waals surface area contributed by atoms with Crippen molar-refractivity contribution in [2.75, 3.05) is 0 Å². The lowest BCUT2D eigenvalue weighted by Gasteiger charge is -1.99. The molecular formula is C10H6ClN3. The summed E-state index contributed by atoms with van der Waals surface area (Å²) in [6.45, 7) is 0. The Morgan fingerprint density at radius 3 is 2.93 bits per heavy atom. The van der Waals surface area contributed by atoms with Crippen LogP contribution in [-0.4, -0.2) is 15.2 Å². The molecule has 0 atom stereocenters. The van der Waals surface area contributed by atoms with E-state index in [1.165, 1.54) is 0 Å². The van der Waals surface area contributed by atoms with Gasteiger partial charge in [0.15, 0.2) is 0 Å². The van der Waals surface area contributed by atoms with Crippen LogP contribution < -0.4 is 0 Å². The van der Waals surface area contributed by atoms with E-state index in [1.807, 2.05) is 24.3 Å². The molecule has 0 aliphatic heterocycles. The molecule has 0 aliphatic rings. The fourth-order valence-corrected chi connectivity index (χ4v) is 1.85. The van der Waals surface area contributed by atoms with Crippen LogP contribution in [0.4, 0.5) is 0 Å². The molecule has 0 aliphatic carbocycles. The molecule has 0 unspecified atom stereocenters. The molecule has 0 spiro atoms. The van der Waals surface area contributed by atoms with Gasteiger partial charge in [-0.1, -0.05) is 29.8 Å². The number of aromatic nitrogens is 3. The van der Waals surface area contributed by atoms with Crippen molar-refractivity contribution in [2.45, 2.75) is 0 Å². The molecule has 0 saturated carbocycles. The summed E-state index contributed by atoms with van der Waals surface area (Å²) in [5.41, 5.74) is 2.49. The van der Waals surface area contributed by atoms with E-state index in [9.17, 15) is 0 Å². The minimum absolute atomic E-state index is 0.683. The summed E-state index contributed by atoms with van der Waals surface area (Å²) >= 11 is 6.20. The molecule has 0 bridgehead atoms. The number of para-hydroxylation sites is 1. The lowest BCUT2D eigenvalue weighted by Crippen LogP contribution is -1.81. The summed E-state index contributed by atoms with van der Waals surface area (Å²) in [6.07, 6.45) is 1.67. The summed E-state index contributed by atoms with van der Waals surface area (Å²) in [6, 6.07) is 7.77. The van der Waals surface area contributed by atoms with Crippen molar-refractivity contribution < 1.29 is 0 Å². The summed E-state index contributed by atoms with van der Waals surface area (Å²) in [4.78, 5) is 4.42. The molecule has 3 aromatic rings. The number of fused-ring (bicyclic) bond motifs is 2. The molecule has 1 aromatic carbocycles. The first-order valence-corrected chi connectivity index (χ1v) is 4.61. The van der Waals surface area contributed by atoms with Crippen molar-refractivity contribution in [3.63, 3.8) is 0 Å². The molecule has 3 rings (SSSR count). The minimum Gasteiger partial charge on any atom is -0.275 e. The van der Waals surface area contributed by atoms with Gasteiger partial charge in [0.2, 0.25) is 0 Å². The zero-order valence-corrected chi connectivity index (χ0v) is 7.92. The van der Waals surface area contributed by atoms with Crippen LogP contribution in [0.15, 0.2) is 30.5 Å². The van der Waals surface area contributed by atoms with Gasteiger partial charge in [-0.05, 0) is 6.07 Å². The van der Waals surface area contributed by atoms with Gasteiger partial charge in [0.05, 0.1) is 16.7 Å². The van der Waals surface area contributed by atoms with Crippen LogP contribution in [0, 0.1) is 0 Å². The normalized spacial score (nSPS) is 11.2. The van der Waals surface area contributed by atoms with Crippen molar-refractivity contribution in [1.82, 2.24) is 15.2 Å². The molecule has 0 amide bonds. The molecule has 14 heavy (non-hydrogen) atoms. The van der Waals surface area contributed by atoms with Crippen molar-refractivity contribution in [2.24, 2.45) is 0 Å². The van der Waals surface area contributed by atoms with Crippen LogP contribution in [0.3, 0.4) is 0 Å². The summed E-state index contributed by atoms with van der Waals surface area (Å²) in [5, 5.41) is 8.38. The first kappa shape index (κ1) is 7.76. The number of nitrogens with zero attached hydrogens (tertiary/aromatic N) is 2. The second-order valence-electron chi connectivity index (χ2n) is 3.07. The van der Waals surface area contributed by atoms with Gasteiger partial charge < -0.3 is 0 Å². The van der Waals surface area contributed by atoms with E-state index in [-0.39, 0.29) is 0 Å². The maximum atomic E-state index is 6.20. The molecule has 3 nitrogen and oxygen atoms in total. The number of aromatic amines is 1. The van der Waals surface area contributed by atoms with E-state index >= 15 is 0 Å². The van der Waals surface area contributed by atoms with Gasteiger partial charge in [-0.15, -0.1) is 0 Å². The van der Waals surface area contributed by atoms with Crippen LogP contribution in [0.5, 0.6) is 0 Å². The third-order valence-electron chi connectivity index (χ3n) is 2.22. The molecule has 0 saturated heterocycles. The fraction of sp³-hybridized carbons (Fsp3) is 0. The topological polar surface area (TPSA) is 41.6 Å². The second-order valence-corrected chi connectivity index (χ2v) is 3.45. The largest absolute Gasteiger partial charge is 0.275 e. The maximum Gasteiger partial charge on any atom is 0.110 e. The molecule has 68 valence electrons. The van der Waals surface area contributed by atoms with E-state index in [1.54, 1.807) is 6.20 Å². The Kier molecular flexibility index (Phi) is 1.49. The van der Waals surface area contributed by atoms with E-state index in [2.05, 4.69) is 15.2 Å². The predicted octanol–water partition coefficient (Wildman–Crippen LogP) is 2.76. The van der Waals surface area contributed by atoms with Gasteiger partial charge in [0, 0.05) is 5.39 Å². The Morgan fingerprint density at radius 1 is 1.14 bits per heavy atom. The Morgan fingerprint density at radius 2 is 2.00 bits per heavy atom. The average molecular weight is 204 g/mol. The van der Waals surface area contributed by atoms with E-state index < -0.39 is 0 Å². The molecule has 0 fully saturated rings. The molecule has 0 radical (unpaired) electrons. The van der Waals surface area contributed by atoms with Crippen LogP contribution in [-0.2, 0) is 0 Å². The van der Waals surface area contributed by atoms with Crippen molar-refractivity contribution >= 4 is 33.5 Å². The first-order valence-electron chi connectivity index (χ1n) is 4.23. The number of hydrogen-bond donors (Lipinski definition) is 1. The monoisotopic (exact) mass is 203 g/mol. The van der Waals surface area contributed by atoms with Crippen LogP contribution in [0.1, 0.15) is 0 Å². The first-order chi connectivity index (χ1) is 6.86. The van der Waals surface area contributed by atoms with Crippen molar-refractivity contribution in [3.05, 3.63) is 35.5 Å². The lowest BCUT2D eigenvalue weighted by atomic mass is 10.2. The summed E-state index contributed by atoms with van der Waals surface area (Å²) in [5.74, 6) is 0. The number of nitrogens with one attached hydrogen (secondary N) is 1. The highest BCUT2D eigenvalue weighted by Gasteiger charge is 2.07. The smallest absolute Gasteiger partial charge is 0.110 e. The fourth-order valence-electron chi connectivity index (χ4n) is 1.55. The predicted molar refractivity (Wildman–Crippen MR) is 56.4 cm³/mol. The molecular weight excluding hydrogens is 198 g/mol. The number of rotatable bonds is 0. The van der Waals surface area contributed by atoms with E-state index in [0.717, 1.165) is 21.9 Å². The van der Waals surface area contributed by atoms with Gasteiger partial charge in [0.25, 0.3) is 0 Å². The zero-order chi connectivity index (χ0) is 9.54. The number of pyridine rings is 1. The molecule has 2 heterocycles. The second kappa shape index (κ2) is 2.69. The third kappa shape index (κ3) is 0.930. The molecule has 2 aromatic heterocycles. The van der Waals surface area contributed by atoms with Crippen LogP contribution in [0.25, 0.3) is 21.9 Å². The number of benzene rings is 1. The van der Waals surface area contributed by atoms with Crippen LogP contribution >= 0.6 is 11.6 Å². The van der Waals surface area contributed by atoms with Crippen LogP contribution in [0.2, 0.25) is 5.02 Å². The van der Waals surface area contributed by atoms with E-state index in [4.69, 9.17) is 11.6 Å². The Labute approximate surface area is 84.7 Å².